The van der Waals surface area contributed by atoms with E-state index >= 15 is 0 Å². The van der Waals surface area contributed by atoms with Crippen LogP contribution in [0.4, 0.5) is 11.4 Å². The van der Waals surface area contributed by atoms with Gasteiger partial charge in [-0.1, -0.05) is 11.6 Å². The lowest BCUT2D eigenvalue weighted by atomic mass is 10.2. The van der Waals surface area contributed by atoms with Crippen molar-refractivity contribution >= 4 is 34.9 Å². The zero-order chi connectivity index (χ0) is 19.4. The van der Waals surface area contributed by atoms with Crippen molar-refractivity contribution in [2.75, 3.05) is 11.5 Å². The molecule has 0 saturated carbocycles. The summed E-state index contributed by atoms with van der Waals surface area (Å²) in [4.78, 5) is 24.2. The minimum Gasteiger partial charge on any atom is -0.423 e. The molecule has 0 radical (unpaired) electrons. The molecule has 136 valence electrons. The SMILES string of the molecule is Nc1ccc(C(=O)Oc2ccc(OC(=O)c3ccc(N)cc3)c(Cl)c2)cc1. The third kappa shape index (κ3) is 4.56. The molecule has 3 rings (SSSR count). The Bertz CT molecular complexity index is 986. The Morgan fingerprint density at radius 2 is 1.19 bits per heavy atom. The topological polar surface area (TPSA) is 105 Å². The van der Waals surface area contributed by atoms with Gasteiger partial charge in [-0.3, -0.25) is 0 Å². The van der Waals surface area contributed by atoms with Crippen LogP contribution in [0.2, 0.25) is 5.02 Å². The number of benzene rings is 3. The molecule has 0 heterocycles. The molecule has 0 aliphatic carbocycles. The molecule has 0 atom stereocenters. The van der Waals surface area contributed by atoms with Gasteiger partial charge in [0.1, 0.15) is 11.5 Å². The Hall–Kier alpha value is -3.51. The Morgan fingerprint density at radius 3 is 1.67 bits per heavy atom. The summed E-state index contributed by atoms with van der Waals surface area (Å²) in [6.45, 7) is 0. The van der Waals surface area contributed by atoms with Gasteiger partial charge in [0.15, 0.2) is 0 Å². The van der Waals surface area contributed by atoms with Crippen LogP contribution < -0.4 is 20.9 Å². The van der Waals surface area contributed by atoms with Crippen molar-refractivity contribution < 1.29 is 19.1 Å². The molecule has 0 unspecified atom stereocenters. The van der Waals surface area contributed by atoms with E-state index in [1.165, 1.54) is 18.2 Å². The van der Waals surface area contributed by atoms with E-state index in [-0.39, 0.29) is 16.5 Å². The number of nitrogen functional groups attached to an aromatic ring is 2. The van der Waals surface area contributed by atoms with Gasteiger partial charge in [-0.2, -0.15) is 0 Å². The number of carbonyl (C=O) groups excluding carboxylic acids is 2. The highest BCUT2D eigenvalue weighted by atomic mass is 35.5. The van der Waals surface area contributed by atoms with Gasteiger partial charge in [0.25, 0.3) is 0 Å². The fraction of sp³-hybridized carbons (Fsp3) is 0. The summed E-state index contributed by atoms with van der Waals surface area (Å²) in [7, 11) is 0. The summed E-state index contributed by atoms with van der Waals surface area (Å²) < 4.78 is 10.5. The summed E-state index contributed by atoms with van der Waals surface area (Å²) in [5, 5.41) is 0.126. The van der Waals surface area contributed by atoms with Crippen molar-refractivity contribution in [3.8, 4) is 11.5 Å². The van der Waals surface area contributed by atoms with E-state index in [1.54, 1.807) is 48.5 Å². The molecule has 0 aromatic heterocycles. The first-order chi connectivity index (χ1) is 12.9. The molecule has 6 nitrogen and oxygen atoms in total. The number of rotatable bonds is 4. The van der Waals surface area contributed by atoms with Gasteiger partial charge in [0.2, 0.25) is 0 Å². The molecule has 3 aromatic rings. The molecular formula is C20H15ClN2O4. The van der Waals surface area contributed by atoms with Crippen molar-refractivity contribution in [3.63, 3.8) is 0 Å². The molecule has 27 heavy (non-hydrogen) atoms. The van der Waals surface area contributed by atoms with E-state index in [1.807, 2.05) is 0 Å². The van der Waals surface area contributed by atoms with E-state index < -0.39 is 11.9 Å². The van der Waals surface area contributed by atoms with Gasteiger partial charge in [0, 0.05) is 17.4 Å². The monoisotopic (exact) mass is 382 g/mol. The van der Waals surface area contributed by atoms with Gasteiger partial charge < -0.3 is 20.9 Å². The largest absolute Gasteiger partial charge is 0.423 e. The van der Waals surface area contributed by atoms with Crippen LogP contribution in [0.15, 0.2) is 66.7 Å². The Labute approximate surface area is 160 Å². The van der Waals surface area contributed by atoms with Crippen LogP contribution in [-0.4, -0.2) is 11.9 Å². The van der Waals surface area contributed by atoms with Gasteiger partial charge >= 0.3 is 11.9 Å². The van der Waals surface area contributed by atoms with Crippen molar-refractivity contribution in [1.82, 2.24) is 0 Å². The average Bonchev–Trinajstić information content (AvgIpc) is 2.65. The van der Waals surface area contributed by atoms with E-state index in [0.717, 1.165) is 0 Å². The van der Waals surface area contributed by atoms with Crippen molar-refractivity contribution in [1.29, 1.82) is 0 Å². The highest BCUT2D eigenvalue weighted by molar-refractivity contribution is 6.32. The van der Waals surface area contributed by atoms with Gasteiger partial charge in [0.05, 0.1) is 16.1 Å². The number of ether oxygens (including phenoxy) is 2. The maximum absolute atomic E-state index is 12.1. The number of anilines is 2. The van der Waals surface area contributed by atoms with Crippen LogP contribution in [0, 0.1) is 0 Å². The molecule has 0 saturated heterocycles. The highest BCUT2D eigenvalue weighted by Crippen LogP contribution is 2.30. The lowest BCUT2D eigenvalue weighted by Crippen LogP contribution is -2.10. The van der Waals surface area contributed by atoms with Crippen LogP contribution in [0.25, 0.3) is 0 Å². The van der Waals surface area contributed by atoms with Crippen LogP contribution >= 0.6 is 11.6 Å². The van der Waals surface area contributed by atoms with E-state index in [2.05, 4.69) is 0 Å². The normalized spacial score (nSPS) is 10.3. The highest BCUT2D eigenvalue weighted by Gasteiger charge is 2.14. The quantitative estimate of drug-likeness (QED) is 0.402. The summed E-state index contributed by atoms with van der Waals surface area (Å²) in [5.41, 5.74) is 12.9. The van der Waals surface area contributed by atoms with Crippen LogP contribution in [0.5, 0.6) is 11.5 Å². The number of nitrogens with two attached hydrogens (primary N) is 2. The Morgan fingerprint density at radius 1 is 0.704 bits per heavy atom. The fourth-order valence-electron chi connectivity index (χ4n) is 2.19. The summed E-state index contributed by atoms with van der Waals surface area (Å²) in [6.07, 6.45) is 0. The third-order valence-corrected chi connectivity index (χ3v) is 3.90. The first-order valence-electron chi connectivity index (χ1n) is 7.87. The van der Waals surface area contributed by atoms with Crippen LogP contribution in [0.3, 0.4) is 0 Å². The lowest BCUT2D eigenvalue weighted by Gasteiger charge is -2.09. The lowest BCUT2D eigenvalue weighted by molar-refractivity contribution is 0.0719. The number of hydrogen-bond donors (Lipinski definition) is 2. The van der Waals surface area contributed by atoms with Gasteiger partial charge in [-0.05, 0) is 60.7 Å². The summed E-state index contributed by atoms with van der Waals surface area (Å²) in [6, 6.07) is 16.9. The number of hydrogen-bond acceptors (Lipinski definition) is 6. The molecule has 0 spiro atoms. The van der Waals surface area contributed by atoms with Crippen molar-refractivity contribution in [2.45, 2.75) is 0 Å². The zero-order valence-electron chi connectivity index (χ0n) is 14.0. The van der Waals surface area contributed by atoms with E-state index in [4.69, 9.17) is 32.5 Å². The molecule has 0 aliphatic rings. The van der Waals surface area contributed by atoms with Gasteiger partial charge in [-0.25, -0.2) is 9.59 Å². The second kappa shape index (κ2) is 7.80. The predicted molar refractivity (Wildman–Crippen MR) is 103 cm³/mol. The fourth-order valence-corrected chi connectivity index (χ4v) is 2.40. The summed E-state index contributed by atoms with van der Waals surface area (Å²) in [5.74, 6) is -0.777. The van der Waals surface area contributed by atoms with Crippen LogP contribution in [0.1, 0.15) is 20.7 Å². The minimum atomic E-state index is -0.580. The van der Waals surface area contributed by atoms with Crippen molar-refractivity contribution in [2.24, 2.45) is 0 Å². The minimum absolute atomic E-state index is 0.126. The van der Waals surface area contributed by atoms with Crippen molar-refractivity contribution in [3.05, 3.63) is 82.9 Å². The second-order valence-electron chi connectivity index (χ2n) is 5.62. The number of halogens is 1. The number of esters is 2. The molecule has 7 heteroatoms. The maximum atomic E-state index is 12.1. The smallest absolute Gasteiger partial charge is 0.343 e. The predicted octanol–water partition coefficient (Wildman–Crippen LogP) is 3.94. The molecule has 0 amide bonds. The molecule has 3 aromatic carbocycles. The Balaban J connectivity index is 1.69. The van der Waals surface area contributed by atoms with Crippen LogP contribution in [-0.2, 0) is 0 Å². The first kappa shape index (κ1) is 18.3. The average molecular weight is 383 g/mol. The Kier molecular flexibility index (Phi) is 5.28. The molecule has 0 aliphatic heterocycles. The maximum Gasteiger partial charge on any atom is 0.343 e. The third-order valence-electron chi connectivity index (χ3n) is 3.61. The summed E-state index contributed by atoms with van der Waals surface area (Å²) >= 11 is 6.13. The first-order valence-corrected chi connectivity index (χ1v) is 8.25. The second-order valence-corrected chi connectivity index (χ2v) is 6.02. The molecular weight excluding hydrogens is 368 g/mol. The standard InChI is InChI=1S/C20H15ClN2O4/c21-17-11-16(26-19(24)12-1-5-14(22)6-2-12)9-10-18(17)27-20(25)13-3-7-15(23)8-4-13/h1-11H,22-23H2. The number of carbonyl (C=O) groups is 2. The molecule has 4 N–H and O–H groups in total. The molecule has 0 fully saturated rings. The van der Waals surface area contributed by atoms with E-state index in [9.17, 15) is 9.59 Å². The zero-order valence-corrected chi connectivity index (χ0v) is 14.8. The van der Waals surface area contributed by atoms with Gasteiger partial charge in [-0.15, -0.1) is 0 Å². The van der Waals surface area contributed by atoms with E-state index in [0.29, 0.717) is 22.5 Å². The molecule has 0 bridgehead atoms.